The van der Waals surface area contributed by atoms with Crippen LogP contribution in [0.1, 0.15) is 10.4 Å². The molecule has 128 valence electrons. The Balaban J connectivity index is 1.85. The molecule has 1 N–H and O–H groups in total. The molecule has 4 aromatic rings. The van der Waals surface area contributed by atoms with E-state index in [1.54, 1.807) is 42.6 Å². The highest BCUT2D eigenvalue weighted by Crippen LogP contribution is 2.19. The summed E-state index contributed by atoms with van der Waals surface area (Å²) in [6.45, 7) is 0. The van der Waals surface area contributed by atoms with Crippen molar-refractivity contribution >= 4 is 29.0 Å². The Kier molecular flexibility index (Phi) is 3.98. The number of hydrogen-bond donors (Lipinski definition) is 1. The zero-order valence-electron chi connectivity index (χ0n) is 13.3. The van der Waals surface area contributed by atoms with Gasteiger partial charge in [-0.25, -0.2) is 14.6 Å². The monoisotopic (exact) mass is 365 g/mol. The lowest BCUT2D eigenvalue weighted by molar-refractivity contribution is 0.102. The molecule has 26 heavy (non-hydrogen) atoms. The first kappa shape index (κ1) is 16.0. The molecule has 1 aromatic carbocycles. The van der Waals surface area contributed by atoms with Crippen LogP contribution in [0.15, 0.2) is 71.8 Å². The summed E-state index contributed by atoms with van der Waals surface area (Å²) >= 11 is 6.29. The molecular formula is C18H12ClN5O2. The highest BCUT2D eigenvalue weighted by atomic mass is 35.5. The highest BCUT2D eigenvalue weighted by Gasteiger charge is 2.18. The van der Waals surface area contributed by atoms with Crippen LogP contribution in [0.3, 0.4) is 0 Å². The van der Waals surface area contributed by atoms with Crippen molar-refractivity contribution in [3.05, 3.63) is 88.1 Å². The van der Waals surface area contributed by atoms with E-state index in [4.69, 9.17) is 11.6 Å². The summed E-state index contributed by atoms with van der Waals surface area (Å²) in [6, 6.07) is 15.8. The number of nitrogens with zero attached hydrogens (tertiary/aromatic N) is 4. The highest BCUT2D eigenvalue weighted by molar-refractivity contribution is 6.30. The summed E-state index contributed by atoms with van der Waals surface area (Å²) in [5.41, 5.74) is 0.385. The summed E-state index contributed by atoms with van der Waals surface area (Å²) in [5, 5.41) is 2.89. The van der Waals surface area contributed by atoms with Crippen LogP contribution in [0.25, 0.3) is 11.3 Å². The lowest BCUT2D eigenvalue weighted by Gasteiger charge is -2.09. The molecule has 0 aliphatic heterocycles. The average molecular weight is 366 g/mol. The largest absolute Gasteiger partial charge is 0.306 e. The number of carbonyl (C=O) groups excluding carboxylic acids is 1. The zero-order valence-corrected chi connectivity index (χ0v) is 14.1. The summed E-state index contributed by atoms with van der Waals surface area (Å²) in [4.78, 5) is 33.6. The third-order valence-electron chi connectivity index (χ3n) is 3.77. The van der Waals surface area contributed by atoms with E-state index in [1.165, 1.54) is 15.4 Å². The van der Waals surface area contributed by atoms with Crippen molar-refractivity contribution in [2.45, 2.75) is 0 Å². The lowest BCUT2D eigenvalue weighted by atomic mass is 10.3. The molecule has 0 aliphatic rings. The molecule has 0 spiro atoms. The first-order valence-electron chi connectivity index (χ1n) is 7.72. The molecule has 4 rings (SSSR count). The third-order valence-corrected chi connectivity index (χ3v) is 4.04. The second-order valence-corrected chi connectivity index (χ2v) is 5.82. The molecule has 0 unspecified atom stereocenters. The Morgan fingerprint density at radius 1 is 1.04 bits per heavy atom. The van der Waals surface area contributed by atoms with Crippen molar-refractivity contribution in [3.63, 3.8) is 0 Å². The maximum absolute atomic E-state index is 12.9. The third kappa shape index (κ3) is 2.74. The smallest absolute Gasteiger partial charge is 0.286 e. The van der Waals surface area contributed by atoms with Gasteiger partial charge in [-0.15, -0.1) is 0 Å². The van der Waals surface area contributed by atoms with Gasteiger partial charge in [0.05, 0.1) is 5.69 Å². The number of rotatable bonds is 3. The number of amides is 1. The van der Waals surface area contributed by atoms with E-state index >= 15 is 0 Å². The van der Waals surface area contributed by atoms with Crippen LogP contribution >= 0.6 is 11.6 Å². The molecule has 8 heteroatoms. The van der Waals surface area contributed by atoms with E-state index in [-0.39, 0.29) is 5.56 Å². The molecule has 3 aromatic heterocycles. The molecule has 3 heterocycles. The normalized spacial score (nSPS) is 10.8. The summed E-state index contributed by atoms with van der Waals surface area (Å²) in [6.07, 6.45) is 2.78. The fraction of sp³-hybridized carbons (Fsp3) is 0. The number of anilines is 1. The summed E-state index contributed by atoms with van der Waals surface area (Å²) in [7, 11) is 0. The first-order chi connectivity index (χ1) is 12.6. The Morgan fingerprint density at radius 3 is 2.54 bits per heavy atom. The molecule has 0 atom stereocenters. The van der Waals surface area contributed by atoms with E-state index in [2.05, 4.69) is 15.3 Å². The molecule has 0 radical (unpaired) electrons. The van der Waals surface area contributed by atoms with Crippen LogP contribution in [0.2, 0.25) is 5.15 Å². The number of fused-ring (bicyclic) bond motifs is 1. The van der Waals surface area contributed by atoms with Crippen molar-refractivity contribution in [1.82, 2.24) is 19.2 Å². The van der Waals surface area contributed by atoms with Gasteiger partial charge in [0, 0.05) is 18.5 Å². The van der Waals surface area contributed by atoms with Gasteiger partial charge in [-0.05, 0) is 24.3 Å². The Hall–Kier alpha value is -3.45. The van der Waals surface area contributed by atoms with E-state index in [0.29, 0.717) is 22.3 Å². The van der Waals surface area contributed by atoms with E-state index < -0.39 is 11.5 Å². The quantitative estimate of drug-likeness (QED) is 0.605. The molecule has 0 saturated carbocycles. The maximum atomic E-state index is 12.9. The van der Waals surface area contributed by atoms with Gasteiger partial charge < -0.3 is 5.32 Å². The number of pyridine rings is 1. The zero-order chi connectivity index (χ0) is 18.1. The van der Waals surface area contributed by atoms with E-state index in [9.17, 15) is 9.59 Å². The number of carbonyl (C=O) groups is 1. The summed E-state index contributed by atoms with van der Waals surface area (Å²) < 4.78 is 2.77. The van der Waals surface area contributed by atoms with Crippen molar-refractivity contribution < 1.29 is 4.79 Å². The van der Waals surface area contributed by atoms with E-state index in [0.717, 1.165) is 0 Å². The van der Waals surface area contributed by atoms with Crippen molar-refractivity contribution in [2.24, 2.45) is 0 Å². The molecule has 1 amide bonds. The van der Waals surface area contributed by atoms with Crippen LogP contribution in [-0.2, 0) is 0 Å². The first-order valence-corrected chi connectivity index (χ1v) is 8.10. The van der Waals surface area contributed by atoms with Gasteiger partial charge >= 0.3 is 0 Å². The standard InChI is InChI=1S/C18H12ClN5O2/c19-14-10-16-21-11-13(17(25)22-15-8-4-5-9-20-15)18(26)24(16)23(14)12-6-2-1-3-7-12/h1-11H,(H,20,22,25). The SMILES string of the molecule is O=C(Nc1ccccn1)c1cnc2cc(Cl)n(-c3ccccc3)n2c1=O. The maximum Gasteiger partial charge on any atom is 0.286 e. The Morgan fingerprint density at radius 2 is 1.81 bits per heavy atom. The topological polar surface area (TPSA) is 81.3 Å². The fourth-order valence-electron chi connectivity index (χ4n) is 2.60. The number of para-hydroxylation sites is 1. The van der Waals surface area contributed by atoms with Crippen LogP contribution in [0, 0.1) is 0 Å². The minimum absolute atomic E-state index is 0.111. The van der Waals surface area contributed by atoms with Gasteiger partial charge in [0.15, 0.2) is 5.65 Å². The summed E-state index contributed by atoms with van der Waals surface area (Å²) in [5.74, 6) is -0.244. The predicted molar refractivity (Wildman–Crippen MR) is 98.0 cm³/mol. The lowest BCUT2D eigenvalue weighted by Crippen LogP contribution is -2.29. The molecule has 7 nitrogen and oxygen atoms in total. The fourth-order valence-corrected chi connectivity index (χ4v) is 2.87. The van der Waals surface area contributed by atoms with Gasteiger partial charge in [-0.2, -0.15) is 4.52 Å². The van der Waals surface area contributed by atoms with Gasteiger partial charge in [-0.1, -0.05) is 35.9 Å². The second kappa shape index (κ2) is 6.45. The molecule has 0 saturated heterocycles. The molecule has 0 fully saturated rings. The van der Waals surface area contributed by atoms with Gasteiger partial charge in [0.1, 0.15) is 16.5 Å². The number of nitrogens with one attached hydrogen (secondary N) is 1. The van der Waals surface area contributed by atoms with Crippen LogP contribution in [0.5, 0.6) is 0 Å². The Labute approximate surface area is 152 Å². The Bertz CT molecular complexity index is 1150. The van der Waals surface area contributed by atoms with Crippen LogP contribution < -0.4 is 10.9 Å². The predicted octanol–water partition coefficient (Wildman–Crippen LogP) is 2.79. The number of halogens is 1. The van der Waals surface area contributed by atoms with Crippen molar-refractivity contribution in [2.75, 3.05) is 5.32 Å². The minimum atomic E-state index is -0.590. The van der Waals surface area contributed by atoms with Crippen LogP contribution in [-0.4, -0.2) is 25.1 Å². The van der Waals surface area contributed by atoms with Crippen molar-refractivity contribution in [1.29, 1.82) is 0 Å². The minimum Gasteiger partial charge on any atom is -0.306 e. The number of aromatic nitrogens is 4. The molecule has 0 aliphatic carbocycles. The van der Waals surface area contributed by atoms with Gasteiger partial charge in [0.2, 0.25) is 0 Å². The number of benzene rings is 1. The molecule has 0 bridgehead atoms. The van der Waals surface area contributed by atoms with Gasteiger partial charge in [-0.3, -0.25) is 9.59 Å². The molecular weight excluding hydrogens is 354 g/mol. The average Bonchev–Trinajstić information content (AvgIpc) is 3.00. The second-order valence-electron chi connectivity index (χ2n) is 5.43. The van der Waals surface area contributed by atoms with Crippen molar-refractivity contribution in [3.8, 4) is 5.69 Å². The van der Waals surface area contributed by atoms with Gasteiger partial charge in [0.25, 0.3) is 11.5 Å². The van der Waals surface area contributed by atoms with E-state index in [1.807, 2.05) is 18.2 Å². The number of hydrogen-bond acceptors (Lipinski definition) is 4. The van der Waals surface area contributed by atoms with Crippen LogP contribution in [0.4, 0.5) is 5.82 Å².